The minimum Gasteiger partial charge on any atom is -0.452 e. The molecule has 0 fully saturated rings. The van der Waals surface area contributed by atoms with Gasteiger partial charge in [-0.15, -0.1) is 6.42 Å². The van der Waals surface area contributed by atoms with E-state index in [-0.39, 0.29) is 23.5 Å². The van der Waals surface area contributed by atoms with E-state index in [1.807, 2.05) is 0 Å². The number of carbonyl (C=O) groups is 3. The van der Waals surface area contributed by atoms with E-state index >= 15 is 0 Å². The van der Waals surface area contributed by atoms with E-state index in [9.17, 15) is 14.4 Å². The monoisotopic (exact) mass is 355 g/mol. The number of hydrogen-bond acceptors (Lipinski definition) is 4. The molecule has 0 unspecified atom stereocenters. The van der Waals surface area contributed by atoms with Gasteiger partial charge in [-0.05, 0) is 30.3 Å². The van der Waals surface area contributed by atoms with Gasteiger partial charge in [0.25, 0.3) is 5.91 Å². The van der Waals surface area contributed by atoms with Crippen molar-refractivity contribution < 1.29 is 19.1 Å². The van der Waals surface area contributed by atoms with Gasteiger partial charge in [0.15, 0.2) is 12.4 Å². The molecule has 6 heteroatoms. The summed E-state index contributed by atoms with van der Waals surface area (Å²) >= 11 is 5.82. The lowest BCUT2D eigenvalue weighted by atomic mass is 9.98. The van der Waals surface area contributed by atoms with E-state index in [0.29, 0.717) is 10.6 Å². The fourth-order valence-corrected chi connectivity index (χ4v) is 2.15. The quantitative estimate of drug-likeness (QED) is 0.491. The molecule has 0 saturated carbocycles. The second kappa shape index (κ2) is 8.67. The summed E-state index contributed by atoms with van der Waals surface area (Å²) in [5.74, 6) is 0.601. The van der Waals surface area contributed by atoms with Crippen LogP contribution in [0.5, 0.6) is 0 Å². The molecule has 25 heavy (non-hydrogen) atoms. The first kappa shape index (κ1) is 18.2. The first-order chi connectivity index (χ1) is 12.0. The molecule has 0 aliphatic rings. The van der Waals surface area contributed by atoms with Crippen molar-refractivity contribution in [1.29, 1.82) is 0 Å². The molecular weight excluding hydrogens is 342 g/mol. The van der Waals surface area contributed by atoms with E-state index in [0.717, 1.165) is 0 Å². The van der Waals surface area contributed by atoms with Gasteiger partial charge in [0.2, 0.25) is 0 Å². The summed E-state index contributed by atoms with van der Waals surface area (Å²) in [6.45, 7) is -0.438. The Hall–Kier alpha value is -3.10. The zero-order valence-corrected chi connectivity index (χ0v) is 13.9. The second-order valence-electron chi connectivity index (χ2n) is 4.94. The lowest BCUT2D eigenvalue weighted by Gasteiger charge is -2.09. The average Bonchev–Trinajstić information content (AvgIpc) is 2.64. The molecule has 0 atom stereocenters. The van der Waals surface area contributed by atoms with E-state index in [1.54, 1.807) is 36.4 Å². The first-order valence-corrected chi connectivity index (χ1v) is 7.67. The van der Waals surface area contributed by atoms with Crippen LogP contribution < -0.4 is 5.32 Å². The van der Waals surface area contributed by atoms with Gasteiger partial charge in [-0.25, -0.2) is 4.79 Å². The van der Waals surface area contributed by atoms with Gasteiger partial charge in [-0.1, -0.05) is 35.7 Å². The topological polar surface area (TPSA) is 72.5 Å². The normalized spacial score (nSPS) is 9.76. The number of ether oxygens (including phenoxy) is 1. The van der Waals surface area contributed by atoms with Crippen molar-refractivity contribution in [1.82, 2.24) is 5.32 Å². The Morgan fingerprint density at radius 2 is 1.68 bits per heavy atom. The van der Waals surface area contributed by atoms with Crippen LogP contribution in [0.3, 0.4) is 0 Å². The summed E-state index contributed by atoms with van der Waals surface area (Å²) in [5, 5.41) is 2.88. The maximum atomic E-state index is 12.6. The predicted octanol–water partition coefficient (Wildman–Crippen LogP) is 2.48. The van der Waals surface area contributed by atoms with Gasteiger partial charge in [0.05, 0.1) is 12.1 Å². The third kappa shape index (κ3) is 4.93. The Morgan fingerprint density at radius 1 is 1.04 bits per heavy atom. The van der Waals surface area contributed by atoms with Gasteiger partial charge in [-0.3, -0.25) is 9.59 Å². The van der Waals surface area contributed by atoms with Crippen molar-refractivity contribution in [2.24, 2.45) is 0 Å². The van der Waals surface area contributed by atoms with E-state index < -0.39 is 18.5 Å². The Balaban J connectivity index is 2.16. The summed E-state index contributed by atoms with van der Waals surface area (Å²) < 4.78 is 4.94. The molecular formula is C19H14ClNO4. The molecule has 0 aliphatic carbocycles. The van der Waals surface area contributed by atoms with Crippen LogP contribution in [0.1, 0.15) is 26.3 Å². The van der Waals surface area contributed by atoms with Crippen LogP contribution in [-0.2, 0) is 9.53 Å². The van der Waals surface area contributed by atoms with E-state index in [1.165, 1.54) is 12.1 Å². The average molecular weight is 356 g/mol. The van der Waals surface area contributed by atoms with Gasteiger partial charge < -0.3 is 10.1 Å². The van der Waals surface area contributed by atoms with Crippen molar-refractivity contribution in [3.63, 3.8) is 0 Å². The number of nitrogens with one attached hydrogen (secondary N) is 1. The molecule has 5 nitrogen and oxygen atoms in total. The van der Waals surface area contributed by atoms with Crippen LogP contribution in [-0.4, -0.2) is 30.8 Å². The third-order valence-corrected chi connectivity index (χ3v) is 3.47. The highest BCUT2D eigenvalue weighted by atomic mass is 35.5. The maximum Gasteiger partial charge on any atom is 0.339 e. The van der Waals surface area contributed by atoms with Crippen molar-refractivity contribution >= 4 is 29.3 Å². The van der Waals surface area contributed by atoms with E-state index in [4.69, 9.17) is 22.8 Å². The number of carbonyl (C=O) groups excluding carboxylic acids is 3. The lowest BCUT2D eigenvalue weighted by molar-refractivity contribution is -0.123. The van der Waals surface area contributed by atoms with Crippen LogP contribution >= 0.6 is 11.6 Å². The number of rotatable bonds is 6. The molecule has 0 spiro atoms. The smallest absolute Gasteiger partial charge is 0.339 e. The Bertz CT molecular complexity index is 837. The molecule has 2 aromatic rings. The third-order valence-electron chi connectivity index (χ3n) is 3.22. The van der Waals surface area contributed by atoms with Gasteiger partial charge in [0, 0.05) is 16.1 Å². The number of amides is 1. The lowest BCUT2D eigenvalue weighted by Crippen LogP contribution is -2.29. The molecule has 2 aromatic carbocycles. The largest absolute Gasteiger partial charge is 0.452 e. The highest BCUT2D eigenvalue weighted by molar-refractivity contribution is 6.30. The summed E-state index contributed by atoms with van der Waals surface area (Å²) in [6, 6.07) is 12.5. The molecule has 0 aliphatic heterocycles. The van der Waals surface area contributed by atoms with Crippen molar-refractivity contribution in [3.8, 4) is 12.3 Å². The van der Waals surface area contributed by atoms with Crippen molar-refractivity contribution in [2.75, 3.05) is 13.2 Å². The molecule has 0 saturated heterocycles. The number of benzene rings is 2. The molecule has 0 radical (unpaired) electrons. The summed E-state index contributed by atoms with van der Waals surface area (Å²) in [7, 11) is 0. The van der Waals surface area contributed by atoms with Crippen molar-refractivity contribution in [2.45, 2.75) is 0 Å². The summed E-state index contributed by atoms with van der Waals surface area (Å²) in [6.07, 6.45) is 5.02. The van der Waals surface area contributed by atoms with Crippen LogP contribution in [0.15, 0.2) is 48.5 Å². The van der Waals surface area contributed by atoms with Gasteiger partial charge in [-0.2, -0.15) is 0 Å². The Labute approximate surface area is 149 Å². The molecule has 126 valence electrons. The van der Waals surface area contributed by atoms with E-state index in [2.05, 4.69) is 11.2 Å². The second-order valence-corrected chi connectivity index (χ2v) is 5.38. The summed E-state index contributed by atoms with van der Waals surface area (Å²) in [5.41, 5.74) is 0.641. The minimum absolute atomic E-state index is 0.0437. The minimum atomic E-state index is -0.770. The zero-order valence-electron chi connectivity index (χ0n) is 13.1. The number of esters is 1. The Kier molecular flexibility index (Phi) is 6.33. The number of terminal acetylenes is 1. The molecule has 1 amide bonds. The van der Waals surface area contributed by atoms with Crippen molar-refractivity contribution in [3.05, 3.63) is 70.2 Å². The van der Waals surface area contributed by atoms with Crippen LogP contribution in [0, 0.1) is 12.3 Å². The molecule has 0 aromatic heterocycles. The molecule has 1 N–H and O–H groups in total. The van der Waals surface area contributed by atoms with Crippen LogP contribution in [0.25, 0.3) is 0 Å². The van der Waals surface area contributed by atoms with Crippen LogP contribution in [0.4, 0.5) is 0 Å². The van der Waals surface area contributed by atoms with Gasteiger partial charge in [0.1, 0.15) is 0 Å². The molecule has 0 heterocycles. The maximum absolute atomic E-state index is 12.6. The van der Waals surface area contributed by atoms with Gasteiger partial charge >= 0.3 is 5.97 Å². The summed E-state index contributed by atoms with van der Waals surface area (Å²) in [4.78, 5) is 36.3. The standard InChI is InChI=1S/C19H14ClNO4/c1-2-11-21-17(22)12-25-19(24)16-6-4-3-5-15(16)18(23)13-7-9-14(20)10-8-13/h1,3-10H,11-12H2,(H,21,22). The number of ketones is 1. The SMILES string of the molecule is C#CCNC(=O)COC(=O)c1ccccc1C(=O)c1ccc(Cl)cc1. The fraction of sp³-hybridized carbons (Fsp3) is 0.105. The highest BCUT2D eigenvalue weighted by Gasteiger charge is 2.19. The zero-order chi connectivity index (χ0) is 18.2. The number of halogens is 1. The van der Waals surface area contributed by atoms with Crippen LogP contribution in [0.2, 0.25) is 5.02 Å². The predicted molar refractivity (Wildman–Crippen MR) is 93.5 cm³/mol. The Morgan fingerprint density at radius 3 is 2.32 bits per heavy atom. The number of hydrogen-bond donors (Lipinski definition) is 1. The molecule has 0 bridgehead atoms. The molecule has 2 rings (SSSR count). The fourth-order valence-electron chi connectivity index (χ4n) is 2.03. The first-order valence-electron chi connectivity index (χ1n) is 7.29. The highest BCUT2D eigenvalue weighted by Crippen LogP contribution is 2.17.